The standard InChI is InChI=1S/C17H20N2/c1-18-10-13-9-15(12-19-11-13)17-8-3-2-7-16(17)14-5-4-6-14/h2-3,7-9,11-12,14,18H,4-6,10H2,1H3. The first-order chi connectivity index (χ1) is 9.38. The Bertz CT molecular complexity index is 559. The van der Waals surface area contributed by atoms with Crippen LogP contribution in [0.2, 0.25) is 0 Å². The quantitative estimate of drug-likeness (QED) is 0.896. The summed E-state index contributed by atoms with van der Waals surface area (Å²) in [5.41, 5.74) is 5.34. The van der Waals surface area contributed by atoms with E-state index in [0.29, 0.717) is 0 Å². The third kappa shape index (κ3) is 2.54. The van der Waals surface area contributed by atoms with Gasteiger partial charge in [0.1, 0.15) is 0 Å². The van der Waals surface area contributed by atoms with E-state index in [1.54, 1.807) is 0 Å². The van der Waals surface area contributed by atoms with Crippen molar-refractivity contribution in [3.05, 3.63) is 53.9 Å². The molecule has 1 aliphatic carbocycles. The van der Waals surface area contributed by atoms with Crippen LogP contribution in [0.25, 0.3) is 11.1 Å². The van der Waals surface area contributed by atoms with Crippen LogP contribution in [0.15, 0.2) is 42.7 Å². The molecule has 98 valence electrons. The third-order valence-corrected chi connectivity index (χ3v) is 3.99. The van der Waals surface area contributed by atoms with E-state index in [-0.39, 0.29) is 0 Å². The van der Waals surface area contributed by atoms with E-state index in [0.717, 1.165) is 12.5 Å². The van der Waals surface area contributed by atoms with Gasteiger partial charge in [0, 0.05) is 24.5 Å². The van der Waals surface area contributed by atoms with Crippen LogP contribution in [0, 0.1) is 0 Å². The fraction of sp³-hybridized carbons (Fsp3) is 0.353. The van der Waals surface area contributed by atoms with E-state index < -0.39 is 0 Å². The van der Waals surface area contributed by atoms with Gasteiger partial charge in [-0.1, -0.05) is 30.7 Å². The molecule has 0 unspecified atom stereocenters. The molecule has 1 saturated carbocycles. The van der Waals surface area contributed by atoms with Crippen molar-refractivity contribution in [3.63, 3.8) is 0 Å². The van der Waals surface area contributed by atoms with Crippen molar-refractivity contribution in [1.29, 1.82) is 0 Å². The van der Waals surface area contributed by atoms with E-state index in [4.69, 9.17) is 0 Å². The van der Waals surface area contributed by atoms with Gasteiger partial charge in [0.05, 0.1) is 0 Å². The van der Waals surface area contributed by atoms with E-state index in [1.807, 2.05) is 19.4 Å². The summed E-state index contributed by atoms with van der Waals surface area (Å²) in [4.78, 5) is 4.38. The van der Waals surface area contributed by atoms with Crippen LogP contribution in [0.5, 0.6) is 0 Å². The van der Waals surface area contributed by atoms with Gasteiger partial charge in [-0.15, -0.1) is 0 Å². The Morgan fingerprint density at radius 2 is 2.05 bits per heavy atom. The number of aromatic nitrogens is 1. The first kappa shape index (κ1) is 12.4. The highest BCUT2D eigenvalue weighted by atomic mass is 14.8. The zero-order valence-electron chi connectivity index (χ0n) is 11.4. The van der Waals surface area contributed by atoms with Crippen LogP contribution in [-0.4, -0.2) is 12.0 Å². The van der Waals surface area contributed by atoms with Gasteiger partial charge in [-0.05, 0) is 48.6 Å². The second-order valence-corrected chi connectivity index (χ2v) is 5.33. The highest BCUT2D eigenvalue weighted by molar-refractivity contribution is 5.68. The Hall–Kier alpha value is -1.67. The second-order valence-electron chi connectivity index (χ2n) is 5.33. The van der Waals surface area contributed by atoms with Gasteiger partial charge in [-0.25, -0.2) is 0 Å². The fourth-order valence-corrected chi connectivity index (χ4v) is 2.77. The van der Waals surface area contributed by atoms with E-state index >= 15 is 0 Å². The Labute approximate surface area is 114 Å². The first-order valence-corrected chi connectivity index (χ1v) is 7.06. The van der Waals surface area contributed by atoms with Gasteiger partial charge >= 0.3 is 0 Å². The Kier molecular flexibility index (Phi) is 3.60. The summed E-state index contributed by atoms with van der Waals surface area (Å²) in [5, 5.41) is 3.18. The molecule has 0 amide bonds. The lowest BCUT2D eigenvalue weighted by atomic mass is 9.77. The third-order valence-electron chi connectivity index (χ3n) is 3.99. The summed E-state index contributed by atoms with van der Waals surface area (Å²) in [6.45, 7) is 0.867. The summed E-state index contributed by atoms with van der Waals surface area (Å²) < 4.78 is 0. The molecule has 1 fully saturated rings. The van der Waals surface area contributed by atoms with Gasteiger partial charge in [-0.3, -0.25) is 4.98 Å². The van der Waals surface area contributed by atoms with Crippen LogP contribution >= 0.6 is 0 Å². The Balaban J connectivity index is 1.99. The Morgan fingerprint density at radius 1 is 1.21 bits per heavy atom. The van der Waals surface area contributed by atoms with Crippen LogP contribution < -0.4 is 5.32 Å². The van der Waals surface area contributed by atoms with Gasteiger partial charge in [0.15, 0.2) is 0 Å². The molecular formula is C17H20N2. The molecule has 1 aliphatic rings. The largest absolute Gasteiger partial charge is 0.316 e. The zero-order chi connectivity index (χ0) is 13.1. The maximum absolute atomic E-state index is 4.38. The van der Waals surface area contributed by atoms with Crippen LogP contribution in [0.4, 0.5) is 0 Å². The second kappa shape index (κ2) is 5.54. The number of nitrogens with zero attached hydrogens (tertiary/aromatic N) is 1. The van der Waals surface area contributed by atoms with E-state index in [1.165, 1.54) is 41.5 Å². The maximum atomic E-state index is 4.38. The minimum Gasteiger partial charge on any atom is -0.316 e. The van der Waals surface area contributed by atoms with Crippen molar-refractivity contribution in [2.24, 2.45) is 0 Å². The smallest absolute Gasteiger partial charge is 0.0346 e. The molecule has 2 aromatic rings. The van der Waals surface area contributed by atoms with Crippen molar-refractivity contribution >= 4 is 0 Å². The molecular weight excluding hydrogens is 232 g/mol. The fourth-order valence-electron chi connectivity index (χ4n) is 2.77. The summed E-state index contributed by atoms with van der Waals surface area (Å²) in [5.74, 6) is 0.754. The molecule has 19 heavy (non-hydrogen) atoms. The molecule has 1 aromatic heterocycles. The maximum Gasteiger partial charge on any atom is 0.0346 e. The molecule has 2 heteroatoms. The topological polar surface area (TPSA) is 24.9 Å². The van der Waals surface area contributed by atoms with Gasteiger partial charge in [0.2, 0.25) is 0 Å². The molecule has 0 radical (unpaired) electrons. The van der Waals surface area contributed by atoms with Crippen molar-refractivity contribution in [3.8, 4) is 11.1 Å². The average Bonchev–Trinajstić information content (AvgIpc) is 2.38. The summed E-state index contributed by atoms with van der Waals surface area (Å²) in [6, 6.07) is 11.0. The van der Waals surface area contributed by atoms with Gasteiger partial charge in [-0.2, -0.15) is 0 Å². The van der Waals surface area contributed by atoms with Gasteiger partial charge < -0.3 is 5.32 Å². The highest BCUT2D eigenvalue weighted by Gasteiger charge is 2.22. The molecule has 0 saturated heterocycles. The molecule has 0 aliphatic heterocycles. The van der Waals surface area contributed by atoms with Crippen LogP contribution in [0.1, 0.15) is 36.3 Å². The minimum atomic E-state index is 0.754. The van der Waals surface area contributed by atoms with Gasteiger partial charge in [0.25, 0.3) is 0 Å². The normalized spacial score (nSPS) is 15.2. The molecule has 2 nitrogen and oxygen atoms in total. The van der Waals surface area contributed by atoms with Crippen LogP contribution in [0.3, 0.4) is 0 Å². The number of hydrogen-bond donors (Lipinski definition) is 1. The summed E-state index contributed by atoms with van der Waals surface area (Å²) in [6.07, 6.45) is 7.96. The van der Waals surface area contributed by atoms with Crippen molar-refractivity contribution in [2.75, 3.05) is 7.05 Å². The summed E-state index contributed by atoms with van der Waals surface area (Å²) in [7, 11) is 1.97. The molecule has 1 N–H and O–H groups in total. The number of pyridine rings is 1. The Morgan fingerprint density at radius 3 is 2.79 bits per heavy atom. The van der Waals surface area contributed by atoms with Crippen molar-refractivity contribution in [2.45, 2.75) is 31.7 Å². The summed E-state index contributed by atoms with van der Waals surface area (Å²) >= 11 is 0. The van der Waals surface area contributed by atoms with E-state index in [2.05, 4.69) is 40.6 Å². The van der Waals surface area contributed by atoms with Crippen molar-refractivity contribution < 1.29 is 0 Å². The lowest BCUT2D eigenvalue weighted by Gasteiger charge is -2.28. The predicted octanol–water partition coefficient (Wildman–Crippen LogP) is 3.74. The average molecular weight is 252 g/mol. The molecule has 1 aromatic carbocycles. The number of hydrogen-bond acceptors (Lipinski definition) is 2. The molecule has 0 atom stereocenters. The first-order valence-electron chi connectivity index (χ1n) is 7.06. The molecule has 1 heterocycles. The highest BCUT2D eigenvalue weighted by Crippen LogP contribution is 2.40. The SMILES string of the molecule is CNCc1cncc(-c2ccccc2C2CCC2)c1. The lowest BCUT2D eigenvalue weighted by molar-refractivity contribution is 0.420. The van der Waals surface area contributed by atoms with Crippen LogP contribution in [-0.2, 0) is 6.54 Å². The zero-order valence-corrected chi connectivity index (χ0v) is 11.4. The predicted molar refractivity (Wildman–Crippen MR) is 79.0 cm³/mol. The molecule has 3 rings (SSSR count). The molecule has 0 spiro atoms. The lowest BCUT2D eigenvalue weighted by Crippen LogP contribution is -2.10. The number of rotatable bonds is 4. The number of nitrogens with one attached hydrogen (secondary N) is 1. The minimum absolute atomic E-state index is 0.754. The monoisotopic (exact) mass is 252 g/mol. The van der Waals surface area contributed by atoms with Crippen molar-refractivity contribution in [1.82, 2.24) is 10.3 Å². The number of benzene rings is 1. The van der Waals surface area contributed by atoms with E-state index in [9.17, 15) is 0 Å². The molecule has 0 bridgehead atoms.